The number of rotatable bonds is 5. The molecule has 3 N–H and O–H groups in total. The molecule has 1 saturated heterocycles. The minimum Gasteiger partial charge on any atom is -0.313 e. The fourth-order valence-electron chi connectivity index (χ4n) is 1.54. The van der Waals surface area contributed by atoms with Crippen LogP contribution in [0.15, 0.2) is 0 Å². The van der Waals surface area contributed by atoms with E-state index in [0.717, 1.165) is 25.8 Å². The molecule has 5 nitrogen and oxygen atoms in total. The first kappa shape index (κ1) is 14.7. The van der Waals surface area contributed by atoms with Crippen LogP contribution in [0.3, 0.4) is 0 Å². The normalized spacial score (nSPS) is 22.6. The van der Waals surface area contributed by atoms with E-state index in [1.165, 1.54) is 4.72 Å². The van der Waals surface area contributed by atoms with Crippen molar-refractivity contribution in [2.45, 2.75) is 31.5 Å². The molecule has 0 aromatic rings. The molecule has 0 aromatic carbocycles. The SMILES string of the molecule is O=S(=O)(NCC1CCCCN1)NCC(F)(F)F. The summed E-state index contributed by atoms with van der Waals surface area (Å²) < 4.78 is 61.3. The van der Waals surface area contributed by atoms with Crippen molar-refractivity contribution < 1.29 is 21.6 Å². The zero-order valence-corrected chi connectivity index (χ0v) is 10.00. The fraction of sp³-hybridized carbons (Fsp3) is 1.00. The minimum atomic E-state index is -4.54. The molecule has 9 heteroatoms. The van der Waals surface area contributed by atoms with Crippen LogP contribution < -0.4 is 14.8 Å². The van der Waals surface area contributed by atoms with Crippen LogP contribution in [0, 0.1) is 0 Å². The molecular weight excluding hydrogens is 259 g/mol. The van der Waals surface area contributed by atoms with Crippen LogP contribution >= 0.6 is 0 Å². The van der Waals surface area contributed by atoms with Crippen molar-refractivity contribution in [1.29, 1.82) is 0 Å². The molecule has 1 aliphatic rings. The number of alkyl halides is 3. The van der Waals surface area contributed by atoms with Gasteiger partial charge in [-0.15, -0.1) is 0 Å². The van der Waals surface area contributed by atoms with Gasteiger partial charge in [-0.1, -0.05) is 6.42 Å². The Hall–Kier alpha value is -0.380. The van der Waals surface area contributed by atoms with Crippen LogP contribution in [-0.4, -0.2) is 40.3 Å². The van der Waals surface area contributed by atoms with Gasteiger partial charge in [0.2, 0.25) is 0 Å². The standard InChI is InChI=1S/C8H16F3N3O2S/c9-8(10,11)6-14-17(15,16)13-5-7-3-1-2-4-12-7/h7,12-14H,1-6H2. The molecule has 102 valence electrons. The van der Waals surface area contributed by atoms with Gasteiger partial charge < -0.3 is 5.32 Å². The number of piperidine rings is 1. The number of nitrogens with one attached hydrogen (secondary N) is 3. The van der Waals surface area contributed by atoms with Crippen LogP contribution in [0.2, 0.25) is 0 Å². The Labute approximate surface area is 98.3 Å². The van der Waals surface area contributed by atoms with E-state index in [1.54, 1.807) is 0 Å². The maximum atomic E-state index is 11.8. The Bertz CT molecular complexity index is 325. The van der Waals surface area contributed by atoms with Crippen LogP contribution in [0.1, 0.15) is 19.3 Å². The Balaban J connectivity index is 2.28. The number of hydrogen-bond acceptors (Lipinski definition) is 3. The zero-order chi connectivity index (χ0) is 12.9. The highest BCUT2D eigenvalue weighted by atomic mass is 32.2. The van der Waals surface area contributed by atoms with Crippen molar-refractivity contribution in [3.05, 3.63) is 0 Å². The summed E-state index contributed by atoms with van der Waals surface area (Å²) in [5, 5.41) is 3.09. The first-order chi connectivity index (χ1) is 7.79. The second-order valence-electron chi connectivity index (χ2n) is 3.94. The van der Waals surface area contributed by atoms with Crippen molar-refractivity contribution in [2.75, 3.05) is 19.6 Å². The zero-order valence-electron chi connectivity index (χ0n) is 9.18. The quantitative estimate of drug-likeness (QED) is 0.667. The van der Waals surface area contributed by atoms with Crippen molar-refractivity contribution in [3.8, 4) is 0 Å². The van der Waals surface area contributed by atoms with E-state index in [9.17, 15) is 21.6 Å². The van der Waals surface area contributed by atoms with Gasteiger partial charge in [0.1, 0.15) is 6.54 Å². The highest BCUT2D eigenvalue weighted by molar-refractivity contribution is 7.87. The summed E-state index contributed by atoms with van der Waals surface area (Å²) >= 11 is 0. The third-order valence-corrected chi connectivity index (χ3v) is 3.47. The Morgan fingerprint density at radius 2 is 1.94 bits per heavy atom. The van der Waals surface area contributed by atoms with E-state index < -0.39 is 22.9 Å². The third kappa shape index (κ3) is 6.81. The van der Waals surface area contributed by atoms with E-state index >= 15 is 0 Å². The molecule has 1 aliphatic heterocycles. The predicted molar refractivity (Wildman–Crippen MR) is 56.6 cm³/mol. The van der Waals surface area contributed by atoms with Gasteiger partial charge in [-0.2, -0.15) is 26.3 Å². The lowest BCUT2D eigenvalue weighted by Gasteiger charge is -2.23. The second-order valence-corrected chi connectivity index (χ2v) is 5.52. The lowest BCUT2D eigenvalue weighted by Crippen LogP contribution is -2.48. The van der Waals surface area contributed by atoms with Crippen LogP contribution in [0.5, 0.6) is 0 Å². The van der Waals surface area contributed by atoms with Gasteiger partial charge in [0, 0.05) is 12.6 Å². The minimum absolute atomic E-state index is 0.00814. The van der Waals surface area contributed by atoms with Crippen LogP contribution in [-0.2, 0) is 10.2 Å². The van der Waals surface area contributed by atoms with Gasteiger partial charge in [-0.25, -0.2) is 4.72 Å². The van der Waals surface area contributed by atoms with Crippen molar-refractivity contribution in [2.24, 2.45) is 0 Å². The molecule has 0 amide bonds. The van der Waals surface area contributed by atoms with Gasteiger partial charge in [0.05, 0.1) is 0 Å². The molecule has 17 heavy (non-hydrogen) atoms. The monoisotopic (exact) mass is 275 g/mol. The molecule has 1 heterocycles. The van der Waals surface area contributed by atoms with Crippen molar-refractivity contribution in [3.63, 3.8) is 0 Å². The molecule has 1 atom stereocenters. The van der Waals surface area contributed by atoms with Gasteiger partial charge in [-0.3, -0.25) is 0 Å². The molecule has 0 aromatic heterocycles. The molecule has 0 aliphatic carbocycles. The van der Waals surface area contributed by atoms with Gasteiger partial charge in [-0.05, 0) is 19.4 Å². The van der Waals surface area contributed by atoms with Crippen LogP contribution in [0.25, 0.3) is 0 Å². The van der Waals surface area contributed by atoms with Gasteiger partial charge in [0.25, 0.3) is 10.2 Å². The van der Waals surface area contributed by atoms with E-state index in [1.807, 2.05) is 0 Å². The molecule has 0 radical (unpaired) electrons. The summed E-state index contributed by atoms with van der Waals surface area (Å²) in [6.45, 7) is -0.643. The van der Waals surface area contributed by atoms with E-state index in [-0.39, 0.29) is 12.6 Å². The summed E-state index contributed by atoms with van der Waals surface area (Å²) in [5.41, 5.74) is 0. The summed E-state index contributed by atoms with van der Waals surface area (Å²) in [6, 6.07) is -0.00814. The Morgan fingerprint density at radius 1 is 1.24 bits per heavy atom. The predicted octanol–water partition coefficient (Wildman–Crippen LogP) is 0.115. The highest BCUT2D eigenvalue weighted by Gasteiger charge is 2.29. The average molecular weight is 275 g/mol. The topological polar surface area (TPSA) is 70.2 Å². The second kappa shape index (κ2) is 5.98. The summed E-state index contributed by atoms with van der Waals surface area (Å²) in [7, 11) is -4.07. The maximum Gasteiger partial charge on any atom is 0.402 e. The summed E-state index contributed by atoms with van der Waals surface area (Å²) in [5.74, 6) is 0. The lowest BCUT2D eigenvalue weighted by atomic mass is 10.1. The molecule has 0 spiro atoms. The third-order valence-electron chi connectivity index (χ3n) is 2.39. The van der Waals surface area contributed by atoms with Crippen molar-refractivity contribution >= 4 is 10.2 Å². The number of hydrogen-bond donors (Lipinski definition) is 3. The summed E-state index contributed by atoms with van der Waals surface area (Å²) in [4.78, 5) is 0. The average Bonchev–Trinajstić information content (AvgIpc) is 2.25. The molecule has 1 unspecified atom stereocenters. The molecule has 1 rings (SSSR count). The van der Waals surface area contributed by atoms with E-state index in [0.29, 0.717) is 0 Å². The van der Waals surface area contributed by atoms with E-state index in [2.05, 4.69) is 10.0 Å². The lowest BCUT2D eigenvalue weighted by molar-refractivity contribution is -0.121. The Morgan fingerprint density at radius 3 is 2.47 bits per heavy atom. The Kier molecular flexibility index (Phi) is 5.17. The van der Waals surface area contributed by atoms with Crippen molar-refractivity contribution in [1.82, 2.24) is 14.8 Å². The molecule has 0 saturated carbocycles. The highest BCUT2D eigenvalue weighted by Crippen LogP contribution is 2.12. The number of halogens is 3. The molecule has 1 fully saturated rings. The fourth-order valence-corrected chi connectivity index (χ4v) is 2.41. The smallest absolute Gasteiger partial charge is 0.313 e. The van der Waals surface area contributed by atoms with Gasteiger partial charge >= 0.3 is 6.18 Å². The maximum absolute atomic E-state index is 11.8. The molecular formula is C8H16F3N3O2S. The largest absolute Gasteiger partial charge is 0.402 e. The summed E-state index contributed by atoms with van der Waals surface area (Å²) in [6.07, 6.45) is -1.69. The first-order valence-corrected chi connectivity index (χ1v) is 6.81. The first-order valence-electron chi connectivity index (χ1n) is 5.33. The molecule has 0 bridgehead atoms. The van der Waals surface area contributed by atoms with Crippen LogP contribution in [0.4, 0.5) is 13.2 Å². The van der Waals surface area contributed by atoms with Gasteiger partial charge in [0.15, 0.2) is 0 Å². The van der Waals surface area contributed by atoms with E-state index in [4.69, 9.17) is 0 Å².